The van der Waals surface area contributed by atoms with Gasteiger partial charge in [-0.2, -0.15) is 5.10 Å². The zero-order valence-electron chi connectivity index (χ0n) is 20.0. The van der Waals surface area contributed by atoms with E-state index >= 15 is 0 Å². The van der Waals surface area contributed by atoms with Gasteiger partial charge in [-0.25, -0.2) is 14.2 Å². The zero-order chi connectivity index (χ0) is 24.4. The number of halogens is 1. The number of benzene rings is 1. The monoisotopic (exact) mass is 480 g/mol. The van der Waals surface area contributed by atoms with Crippen LogP contribution in [-0.2, 0) is 16.5 Å². The summed E-state index contributed by atoms with van der Waals surface area (Å²) in [7, 11) is 1.86. The lowest BCUT2D eigenvalue weighted by Crippen LogP contribution is -2.43. The topological polar surface area (TPSA) is 84.8 Å². The standard InChI is InChI=1S/C25H29FN6O3/c1-17-11-21(26)23(29-25(33)32-5-9-35-10-6-32)14-20(17)18-12-22(19-15-27-30(2)16-19)28-24(13-18)31-3-7-34-8-4-31/h11-16H,3-10H2,1-2H3,(H,29,33). The van der Waals surface area contributed by atoms with E-state index < -0.39 is 5.82 Å². The highest BCUT2D eigenvalue weighted by molar-refractivity contribution is 5.91. The van der Waals surface area contributed by atoms with Crippen LogP contribution in [0, 0.1) is 12.7 Å². The van der Waals surface area contributed by atoms with Crippen molar-refractivity contribution < 1.29 is 18.7 Å². The molecule has 5 rings (SSSR count). The van der Waals surface area contributed by atoms with Crippen molar-refractivity contribution in [2.45, 2.75) is 6.92 Å². The Morgan fingerprint density at radius 2 is 1.71 bits per heavy atom. The molecule has 2 saturated heterocycles. The molecule has 2 amide bonds. The lowest BCUT2D eigenvalue weighted by Gasteiger charge is -2.28. The fraction of sp³-hybridized carbons (Fsp3) is 0.400. The Labute approximate surface area is 203 Å². The number of carbonyl (C=O) groups excluding carboxylic acids is 1. The van der Waals surface area contributed by atoms with Crippen molar-refractivity contribution in [2.24, 2.45) is 7.05 Å². The van der Waals surface area contributed by atoms with Crippen molar-refractivity contribution >= 4 is 17.5 Å². The van der Waals surface area contributed by atoms with E-state index in [2.05, 4.69) is 15.3 Å². The first-order valence-electron chi connectivity index (χ1n) is 11.8. The molecule has 1 aromatic carbocycles. The largest absolute Gasteiger partial charge is 0.378 e. The van der Waals surface area contributed by atoms with Crippen LogP contribution in [0.4, 0.5) is 20.7 Å². The van der Waals surface area contributed by atoms with Gasteiger partial charge in [0.25, 0.3) is 0 Å². The number of ether oxygens (including phenoxy) is 2. The normalized spacial score (nSPS) is 16.4. The number of hydrogen-bond donors (Lipinski definition) is 1. The average Bonchev–Trinajstić information content (AvgIpc) is 3.32. The van der Waals surface area contributed by atoms with E-state index in [-0.39, 0.29) is 11.7 Å². The SMILES string of the molecule is Cc1cc(F)c(NC(=O)N2CCOCC2)cc1-c1cc(-c2cnn(C)c2)nc(N2CCOCC2)c1. The highest BCUT2D eigenvalue weighted by atomic mass is 19.1. The number of hydrogen-bond acceptors (Lipinski definition) is 6. The van der Waals surface area contributed by atoms with Crippen LogP contribution >= 0.6 is 0 Å². The van der Waals surface area contributed by atoms with Gasteiger partial charge in [0.05, 0.1) is 44.0 Å². The molecular weight excluding hydrogens is 451 g/mol. The summed E-state index contributed by atoms with van der Waals surface area (Å²) in [6, 6.07) is 6.83. The molecule has 2 aliphatic rings. The summed E-state index contributed by atoms with van der Waals surface area (Å²) < 4.78 is 27.4. The lowest BCUT2D eigenvalue weighted by atomic mass is 9.98. The number of anilines is 2. The van der Waals surface area contributed by atoms with Crippen molar-refractivity contribution in [1.82, 2.24) is 19.7 Å². The summed E-state index contributed by atoms with van der Waals surface area (Å²) >= 11 is 0. The number of nitrogens with one attached hydrogen (secondary N) is 1. The van der Waals surface area contributed by atoms with Crippen molar-refractivity contribution in [1.29, 1.82) is 0 Å². The highest BCUT2D eigenvalue weighted by Crippen LogP contribution is 2.34. The first-order valence-corrected chi connectivity index (χ1v) is 11.8. The van der Waals surface area contributed by atoms with Crippen molar-refractivity contribution in [3.8, 4) is 22.4 Å². The molecule has 4 heterocycles. The van der Waals surface area contributed by atoms with E-state index in [4.69, 9.17) is 14.5 Å². The smallest absolute Gasteiger partial charge is 0.322 e. The van der Waals surface area contributed by atoms with Gasteiger partial charge in [0.1, 0.15) is 11.6 Å². The first kappa shape index (κ1) is 23.3. The maximum absolute atomic E-state index is 14.9. The van der Waals surface area contributed by atoms with Gasteiger partial charge in [0.15, 0.2) is 0 Å². The minimum absolute atomic E-state index is 0.148. The van der Waals surface area contributed by atoms with Crippen LogP contribution in [0.5, 0.6) is 0 Å². The van der Waals surface area contributed by atoms with Gasteiger partial charge in [-0.05, 0) is 47.9 Å². The number of urea groups is 1. The Hall–Kier alpha value is -3.50. The van der Waals surface area contributed by atoms with Crippen LogP contribution in [0.1, 0.15) is 5.56 Å². The molecule has 0 atom stereocenters. The Bertz CT molecular complexity index is 1220. The van der Waals surface area contributed by atoms with Gasteiger partial charge in [0, 0.05) is 45.0 Å². The Kier molecular flexibility index (Phi) is 6.65. The van der Waals surface area contributed by atoms with Crippen LogP contribution in [-0.4, -0.2) is 78.3 Å². The second kappa shape index (κ2) is 10.0. The summed E-state index contributed by atoms with van der Waals surface area (Å²) in [6.07, 6.45) is 3.70. The fourth-order valence-corrected chi connectivity index (χ4v) is 4.37. The minimum atomic E-state index is -0.470. The average molecular weight is 481 g/mol. The van der Waals surface area contributed by atoms with Gasteiger partial charge >= 0.3 is 6.03 Å². The van der Waals surface area contributed by atoms with Crippen LogP contribution in [0.2, 0.25) is 0 Å². The fourth-order valence-electron chi connectivity index (χ4n) is 4.37. The molecule has 0 unspecified atom stereocenters. The van der Waals surface area contributed by atoms with Gasteiger partial charge < -0.3 is 24.6 Å². The number of nitrogens with zero attached hydrogens (tertiary/aromatic N) is 5. The van der Waals surface area contributed by atoms with E-state index in [1.807, 2.05) is 32.3 Å². The maximum Gasteiger partial charge on any atom is 0.322 e. The van der Waals surface area contributed by atoms with E-state index in [9.17, 15) is 9.18 Å². The third-order valence-corrected chi connectivity index (χ3v) is 6.31. The second-order valence-electron chi connectivity index (χ2n) is 8.78. The third-order valence-electron chi connectivity index (χ3n) is 6.31. The molecule has 0 aliphatic carbocycles. The quantitative estimate of drug-likeness (QED) is 0.617. The molecule has 1 N–H and O–H groups in total. The summed E-state index contributed by atoms with van der Waals surface area (Å²) in [6.45, 7) is 6.55. The number of aryl methyl sites for hydroxylation is 2. The number of amides is 2. The number of carbonyl (C=O) groups is 1. The van der Waals surface area contributed by atoms with Crippen LogP contribution in [0.3, 0.4) is 0 Å². The van der Waals surface area contributed by atoms with Crippen molar-refractivity contribution in [3.63, 3.8) is 0 Å². The molecule has 2 aromatic heterocycles. The number of rotatable bonds is 4. The molecule has 3 aromatic rings. The molecule has 9 nitrogen and oxygen atoms in total. The summed E-state index contributed by atoms with van der Waals surface area (Å²) in [4.78, 5) is 21.4. The number of morpholine rings is 2. The van der Waals surface area contributed by atoms with Gasteiger partial charge in [-0.3, -0.25) is 4.68 Å². The molecule has 0 radical (unpaired) electrons. The molecular formula is C25H29FN6O3. The van der Waals surface area contributed by atoms with Gasteiger partial charge in [-0.1, -0.05) is 0 Å². The second-order valence-corrected chi connectivity index (χ2v) is 8.78. The highest BCUT2D eigenvalue weighted by Gasteiger charge is 2.21. The summed E-state index contributed by atoms with van der Waals surface area (Å²) in [5.41, 5.74) is 4.30. The Morgan fingerprint density at radius 1 is 1.00 bits per heavy atom. The molecule has 10 heteroatoms. The van der Waals surface area contributed by atoms with Crippen LogP contribution in [0.15, 0.2) is 36.7 Å². The van der Waals surface area contributed by atoms with Crippen molar-refractivity contribution in [2.75, 3.05) is 62.8 Å². The van der Waals surface area contributed by atoms with E-state index in [0.717, 1.165) is 46.9 Å². The number of aromatic nitrogens is 3. The summed E-state index contributed by atoms with van der Waals surface area (Å²) in [5, 5.41) is 7.04. The van der Waals surface area contributed by atoms with Crippen LogP contribution in [0.25, 0.3) is 22.4 Å². The van der Waals surface area contributed by atoms with E-state index in [1.54, 1.807) is 21.8 Å². The zero-order valence-corrected chi connectivity index (χ0v) is 20.0. The predicted octanol–water partition coefficient (Wildman–Crippen LogP) is 3.30. The molecule has 0 spiro atoms. The summed E-state index contributed by atoms with van der Waals surface area (Å²) in [5.74, 6) is 0.357. The molecule has 2 fully saturated rings. The van der Waals surface area contributed by atoms with Gasteiger partial charge in [-0.15, -0.1) is 0 Å². The number of pyridine rings is 1. The first-order chi connectivity index (χ1) is 17.0. The Morgan fingerprint density at radius 3 is 2.40 bits per heavy atom. The molecule has 0 saturated carbocycles. The Balaban J connectivity index is 1.53. The molecule has 2 aliphatic heterocycles. The minimum Gasteiger partial charge on any atom is -0.378 e. The van der Waals surface area contributed by atoms with Crippen molar-refractivity contribution in [3.05, 3.63) is 48.0 Å². The third kappa shape index (κ3) is 5.13. The molecule has 184 valence electrons. The molecule has 0 bridgehead atoms. The maximum atomic E-state index is 14.9. The lowest BCUT2D eigenvalue weighted by molar-refractivity contribution is 0.0564. The van der Waals surface area contributed by atoms with E-state index in [1.165, 1.54) is 6.07 Å². The van der Waals surface area contributed by atoms with Gasteiger partial charge in [0.2, 0.25) is 0 Å². The van der Waals surface area contributed by atoms with E-state index in [0.29, 0.717) is 39.5 Å². The van der Waals surface area contributed by atoms with Crippen LogP contribution < -0.4 is 10.2 Å². The molecule has 35 heavy (non-hydrogen) atoms. The predicted molar refractivity (Wildman–Crippen MR) is 131 cm³/mol.